The molecular formula is C16H20BrNO. The van der Waals surface area contributed by atoms with Crippen molar-refractivity contribution in [3.63, 3.8) is 0 Å². The summed E-state index contributed by atoms with van der Waals surface area (Å²) in [4.78, 5) is 16.1. The van der Waals surface area contributed by atoms with Crippen molar-refractivity contribution in [2.45, 2.75) is 39.0 Å². The number of amides is 1. The van der Waals surface area contributed by atoms with E-state index in [1.807, 2.05) is 6.07 Å². The van der Waals surface area contributed by atoms with Gasteiger partial charge >= 0.3 is 0 Å². The molecule has 0 aliphatic carbocycles. The summed E-state index contributed by atoms with van der Waals surface area (Å²) in [7, 11) is 0. The topological polar surface area (TPSA) is 29.4 Å². The molecule has 102 valence electrons. The number of nitrogens with zero attached hydrogens (tertiary/aromatic N) is 1. The second-order valence-corrected chi connectivity index (χ2v) is 6.87. The fourth-order valence-electron chi connectivity index (χ4n) is 2.25. The average molecular weight is 322 g/mol. The van der Waals surface area contributed by atoms with Gasteiger partial charge in [-0.25, -0.2) is 4.99 Å². The van der Waals surface area contributed by atoms with E-state index in [4.69, 9.17) is 0 Å². The molecular weight excluding hydrogens is 302 g/mol. The van der Waals surface area contributed by atoms with Crippen LogP contribution in [0.2, 0.25) is 0 Å². The molecule has 1 aliphatic heterocycles. The second-order valence-electron chi connectivity index (χ2n) is 6.08. The van der Waals surface area contributed by atoms with Gasteiger partial charge in [0.05, 0.1) is 11.3 Å². The maximum absolute atomic E-state index is 11.9. The molecule has 0 spiro atoms. The van der Waals surface area contributed by atoms with E-state index in [0.29, 0.717) is 0 Å². The third kappa shape index (κ3) is 3.33. The summed E-state index contributed by atoms with van der Waals surface area (Å²) in [5, 5.41) is 2.85. The lowest BCUT2D eigenvalue weighted by molar-refractivity contribution is -0.120. The van der Waals surface area contributed by atoms with Crippen LogP contribution in [0.15, 0.2) is 23.2 Å². The fraction of sp³-hybridized carbons (Fsp3) is 0.500. The van der Waals surface area contributed by atoms with Crippen LogP contribution in [0.25, 0.3) is 6.08 Å². The van der Waals surface area contributed by atoms with Crippen LogP contribution in [0.3, 0.4) is 0 Å². The molecule has 1 aromatic rings. The van der Waals surface area contributed by atoms with Gasteiger partial charge in [0.1, 0.15) is 0 Å². The van der Waals surface area contributed by atoms with Crippen LogP contribution in [-0.2, 0) is 10.2 Å². The minimum absolute atomic E-state index is 0.00282. The van der Waals surface area contributed by atoms with Gasteiger partial charge < -0.3 is 0 Å². The number of hydrogen-bond acceptors (Lipinski definition) is 1. The summed E-state index contributed by atoms with van der Waals surface area (Å²) in [6.07, 6.45) is 3.95. The minimum Gasteiger partial charge on any atom is -0.272 e. The van der Waals surface area contributed by atoms with Crippen molar-refractivity contribution in [2.24, 2.45) is 10.9 Å². The molecule has 2 rings (SSSR count). The highest BCUT2D eigenvalue weighted by Crippen LogP contribution is 2.20. The van der Waals surface area contributed by atoms with Gasteiger partial charge in [-0.05, 0) is 41.2 Å². The lowest BCUT2D eigenvalue weighted by Crippen LogP contribution is -2.35. The van der Waals surface area contributed by atoms with Crippen molar-refractivity contribution in [3.05, 3.63) is 34.3 Å². The van der Waals surface area contributed by atoms with Gasteiger partial charge in [-0.1, -0.05) is 48.8 Å². The molecule has 0 saturated heterocycles. The van der Waals surface area contributed by atoms with E-state index in [-0.39, 0.29) is 17.2 Å². The lowest BCUT2D eigenvalue weighted by Gasteiger charge is -2.19. The SMILES string of the molecule is CC(C)(C)c1ccc2c(c1)=CC(CCCBr)C(=O)N=2. The Morgan fingerprint density at radius 3 is 2.68 bits per heavy atom. The highest BCUT2D eigenvalue weighted by Gasteiger charge is 2.19. The highest BCUT2D eigenvalue weighted by molar-refractivity contribution is 9.09. The predicted molar refractivity (Wildman–Crippen MR) is 81.9 cm³/mol. The summed E-state index contributed by atoms with van der Waals surface area (Å²) in [5.41, 5.74) is 1.40. The Bertz CT molecular complexity index is 598. The van der Waals surface area contributed by atoms with E-state index in [9.17, 15) is 4.79 Å². The van der Waals surface area contributed by atoms with Gasteiger partial charge in [-0.15, -0.1) is 0 Å². The summed E-state index contributed by atoms with van der Waals surface area (Å²) >= 11 is 3.41. The van der Waals surface area contributed by atoms with Crippen LogP contribution in [0.5, 0.6) is 0 Å². The number of fused-ring (bicyclic) bond motifs is 1. The van der Waals surface area contributed by atoms with Crippen LogP contribution in [-0.4, -0.2) is 11.2 Å². The fourth-order valence-corrected chi connectivity index (χ4v) is 2.57. The van der Waals surface area contributed by atoms with Gasteiger partial charge in [0, 0.05) is 5.33 Å². The highest BCUT2D eigenvalue weighted by atomic mass is 79.9. The number of carbonyl (C=O) groups is 1. The first-order chi connectivity index (χ1) is 8.91. The van der Waals surface area contributed by atoms with Crippen molar-refractivity contribution in [1.82, 2.24) is 0 Å². The Balaban J connectivity index is 2.44. The summed E-state index contributed by atoms with van der Waals surface area (Å²) < 4.78 is 0. The number of alkyl halides is 1. The van der Waals surface area contributed by atoms with Crippen LogP contribution >= 0.6 is 15.9 Å². The molecule has 0 aromatic heterocycles. The van der Waals surface area contributed by atoms with Crippen LogP contribution in [0.4, 0.5) is 0 Å². The zero-order valence-electron chi connectivity index (χ0n) is 11.7. The number of rotatable bonds is 3. The number of carbonyl (C=O) groups excluding carboxylic acids is 1. The van der Waals surface area contributed by atoms with Crippen molar-refractivity contribution < 1.29 is 4.79 Å². The van der Waals surface area contributed by atoms with Gasteiger partial charge in [0.25, 0.3) is 5.91 Å². The molecule has 3 heteroatoms. The molecule has 2 nitrogen and oxygen atoms in total. The Kier molecular flexibility index (Phi) is 4.24. The Morgan fingerprint density at radius 2 is 2.05 bits per heavy atom. The first-order valence-corrected chi connectivity index (χ1v) is 7.85. The van der Waals surface area contributed by atoms with Crippen LogP contribution in [0.1, 0.15) is 39.2 Å². The lowest BCUT2D eigenvalue weighted by atomic mass is 9.86. The molecule has 1 heterocycles. The first kappa shape index (κ1) is 14.4. The zero-order chi connectivity index (χ0) is 14.0. The quantitative estimate of drug-likeness (QED) is 0.787. The smallest absolute Gasteiger partial charge is 0.253 e. The van der Waals surface area contributed by atoms with Crippen LogP contribution < -0.4 is 10.6 Å². The third-order valence-electron chi connectivity index (χ3n) is 3.47. The van der Waals surface area contributed by atoms with Gasteiger partial charge in [0.15, 0.2) is 0 Å². The average Bonchev–Trinajstić information content (AvgIpc) is 2.34. The van der Waals surface area contributed by atoms with E-state index in [2.05, 4.69) is 59.9 Å². The second kappa shape index (κ2) is 5.58. The maximum atomic E-state index is 11.9. The van der Waals surface area contributed by atoms with Gasteiger partial charge in [0.2, 0.25) is 0 Å². The standard InChI is InChI=1S/C16H20BrNO/c1-16(2,3)13-6-7-14-12(10-13)9-11(5-4-8-17)15(19)18-14/h6-7,9-11H,4-5,8H2,1-3H3. The third-order valence-corrected chi connectivity index (χ3v) is 4.03. The predicted octanol–water partition coefficient (Wildman–Crippen LogP) is 2.72. The van der Waals surface area contributed by atoms with Crippen molar-refractivity contribution in [2.75, 3.05) is 5.33 Å². The van der Waals surface area contributed by atoms with E-state index in [1.54, 1.807) is 0 Å². The molecule has 1 unspecified atom stereocenters. The van der Waals surface area contributed by atoms with E-state index in [1.165, 1.54) is 5.56 Å². The summed E-state index contributed by atoms with van der Waals surface area (Å²) in [6, 6.07) is 6.21. The molecule has 1 aromatic carbocycles. The normalized spacial score (nSPS) is 18.5. The zero-order valence-corrected chi connectivity index (χ0v) is 13.3. The summed E-state index contributed by atoms with van der Waals surface area (Å²) in [5.74, 6) is -0.0581. The largest absolute Gasteiger partial charge is 0.272 e. The molecule has 0 N–H and O–H groups in total. The Morgan fingerprint density at radius 1 is 1.32 bits per heavy atom. The molecule has 1 aliphatic rings. The van der Waals surface area contributed by atoms with Crippen molar-refractivity contribution >= 4 is 27.9 Å². The number of halogens is 1. The Labute approximate surface area is 122 Å². The molecule has 0 bridgehead atoms. The minimum atomic E-state index is -0.0553. The molecule has 1 atom stereocenters. The van der Waals surface area contributed by atoms with E-state index >= 15 is 0 Å². The first-order valence-electron chi connectivity index (χ1n) is 6.73. The molecule has 0 radical (unpaired) electrons. The summed E-state index contributed by atoms with van der Waals surface area (Å²) in [6.45, 7) is 6.59. The molecule has 19 heavy (non-hydrogen) atoms. The van der Waals surface area contributed by atoms with E-state index < -0.39 is 0 Å². The monoisotopic (exact) mass is 321 g/mol. The number of hydrogen-bond donors (Lipinski definition) is 0. The van der Waals surface area contributed by atoms with Crippen molar-refractivity contribution in [1.29, 1.82) is 0 Å². The van der Waals surface area contributed by atoms with Crippen LogP contribution in [0, 0.1) is 5.92 Å². The molecule has 0 saturated carbocycles. The number of benzene rings is 1. The molecule has 0 fully saturated rings. The van der Waals surface area contributed by atoms with Crippen molar-refractivity contribution in [3.8, 4) is 0 Å². The van der Waals surface area contributed by atoms with Gasteiger partial charge in [-0.2, -0.15) is 0 Å². The molecule has 1 amide bonds. The van der Waals surface area contributed by atoms with Gasteiger partial charge in [-0.3, -0.25) is 4.79 Å². The Hall–Kier alpha value is -0.960. The van der Waals surface area contributed by atoms with E-state index in [0.717, 1.165) is 28.7 Å². The maximum Gasteiger partial charge on any atom is 0.253 e.